The largest absolute Gasteiger partial charge is 0.332 e. The van der Waals surface area contributed by atoms with Gasteiger partial charge in [0.1, 0.15) is 0 Å². The van der Waals surface area contributed by atoms with Crippen molar-refractivity contribution in [1.29, 1.82) is 0 Å². The van der Waals surface area contributed by atoms with Crippen LogP contribution in [0.1, 0.15) is 18.4 Å². The van der Waals surface area contributed by atoms with Gasteiger partial charge in [-0.1, -0.05) is 11.6 Å². The molecule has 86 valence electrons. The van der Waals surface area contributed by atoms with Gasteiger partial charge in [0.25, 0.3) is 11.5 Å². The third-order valence-corrected chi connectivity index (χ3v) is 2.75. The number of halogens is 2. The number of pyridine rings is 1. The van der Waals surface area contributed by atoms with Crippen LogP contribution in [-0.4, -0.2) is 27.5 Å². The molecular formula is C11H12ClFN2O. The number of hydrogen-bond acceptors (Lipinski definition) is 2. The van der Waals surface area contributed by atoms with Crippen molar-refractivity contribution in [2.24, 2.45) is 0 Å². The van der Waals surface area contributed by atoms with Crippen LogP contribution in [-0.2, 0) is 11.3 Å². The second-order valence-corrected chi connectivity index (χ2v) is 4.24. The van der Waals surface area contributed by atoms with Crippen molar-refractivity contribution in [3.8, 4) is 0 Å². The Kier molecular flexibility index (Phi) is 3.39. The van der Waals surface area contributed by atoms with Gasteiger partial charge in [-0.3, -0.25) is 9.78 Å². The molecule has 1 unspecified atom stereocenters. The van der Waals surface area contributed by atoms with E-state index in [9.17, 15) is 9.18 Å². The number of carbonyl (C=O) groups excluding carboxylic acids is 1. The zero-order chi connectivity index (χ0) is 11.5. The maximum atomic E-state index is 12.8. The zero-order valence-electron chi connectivity index (χ0n) is 8.64. The van der Waals surface area contributed by atoms with Crippen LogP contribution in [0.3, 0.4) is 0 Å². The van der Waals surface area contributed by atoms with E-state index in [0.29, 0.717) is 6.54 Å². The Labute approximate surface area is 98.2 Å². The first kappa shape index (κ1) is 11.3. The Morgan fingerprint density at radius 1 is 1.56 bits per heavy atom. The second-order valence-electron chi connectivity index (χ2n) is 3.85. The third-order valence-electron chi connectivity index (χ3n) is 2.56. The fourth-order valence-corrected chi connectivity index (χ4v) is 1.71. The number of amides is 1. The summed E-state index contributed by atoms with van der Waals surface area (Å²) >= 11 is 5.19. The summed E-state index contributed by atoms with van der Waals surface area (Å²) in [5.74, 6) is -0.638. The van der Waals surface area contributed by atoms with Crippen LogP contribution < -0.4 is 0 Å². The van der Waals surface area contributed by atoms with E-state index >= 15 is 0 Å². The summed E-state index contributed by atoms with van der Waals surface area (Å²) in [5.41, 5.74) is -1.00. The molecule has 0 radical (unpaired) electrons. The highest BCUT2D eigenvalue weighted by atomic mass is 35.5. The maximum absolute atomic E-state index is 12.8. The van der Waals surface area contributed by atoms with E-state index in [4.69, 9.17) is 11.6 Å². The molecule has 3 nitrogen and oxygen atoms in total. The van der Waals surface area contributed by atoms with Crippen LogP contribution >= 0.6 is 11.6 Å². The van der Waals surface area contributed by atoms with Crippen LogP contribution in [0.5, 0.6) is 0 Å². The van der Waals surface area contributed by atoms with Crippen LogP contribution in [0.15, 0.2) is 24.5 Å². The highest BCUT2D eigenvalue weighted by Gasteiger charge is 2.35. The van der Waals surface area contributed by atoms with Crippen LogP contribution in [0, 0.1) is 0 Å². The summed E-state index contributed by atoms with van der Waals surface area (Å²) in [7, 11) is 0. The highest BCUT2D eigenvalue weighted by molar-refractivity contribution is 6.29. The van der Waals surface area contributed by atoms with Gasteiger partial charge in [0.2, 0.25) is 0 Å². The van der Waals surface area contributed by atoms with Gasteiger partial charge in [-0.25, -0.2) is 4.39 Å². The monoisotopic (exact) mass is 242 g/mol. The Balaban J connectivity index is 2.06. The lowest BCUT2D eigenvalue weighted by Gasteiger charge is -2.22. The van der Waals surface area contributed by atoms with Gasteiger partial charge in [0.05, 0.1) is 0 Å². The number of aromatic nitrogens is 1. The lowest BCUT2D eigenvalue weighted by molar-refractivity contribution is -0.134. The predicted molar refractivity (Wildman–Crippen MR) is 58.6 cm³/mol. The van der Waals surface area contributed by atoms with E-state index in [1.165, 1.54) is 4.90 Å². The molecule has 1 amide bonds. The van der Waals surface area contributed by atoms with E-state index in [1.54, 1.807) is 12.4 Å². The first-order chi connectivity index (χ1) is 7.68. The minimum Gasteiger partial charge on any atom is -0.332 e. The summed E-state index contributed by atoms with van der Waals surface area (Å²) in [6, 6.07) is 3.77. The zero-order valence-corrected chi connectivity index (χ0v) is 9.40. The molecule has 0 aliphatic heterocycles. The van der Waals surface area contributed by atoms with Crippen molar-refractivity contribution in [3.63, 3.8) is 0 Å². The van der Waals surface area contributed by atoms with Gasteiger partial charge in [0, 0.05) is 25.0 Å². The Morgan fingerprint density at radius 3 is 2.69 bits per heavy atom. The summed E-state index contributed by atoms with van der Waals surface area (Å²) in [6.45, 7) is 0.402. The summed E-state index contributed by atoms with van der Waals surface area (Å²) < 4.78 is 12.8. The molecular weight excluding hydrogens is 231 g/mol. The normalized spacial score (nSPS) is 16.9. The molecule has 2 rings (SSSR count). The molecule has 1 aromatic heterocycles. The molecule has 0 spiro atoms. The van der Waals surface area contributed by atoms with Gasteiger partial charge in [-0.15, -0.1) is 0 Å². The first-order valence-electron chi connectivity index (χ1n) is 5.16. The average molecular weight is 243 g/mol. The fourth-order valence-electron chi connectivity index (χ4n) is 1.58. The van der Waals surface area contributed by atoms with Gasteiger partial charge in [0.15, 0.2) is 0 Å². The topological polar surface area (TPSA) is 33.2 Å². The molecule has 1 aliphatic rings. The van der Waals surface area contributed by atoms with E-state index in [0.717, 1.165) is 18.4 Å². The summed E-state index contributed by atoms with van der Waals surface area (Å²) in [4.78, 5) is 16.9. The van der Waals surface area contributed by atoms with Crippen molar-refractivity contribution in [2.75, 3.05) is 0 Å². The van der Waals surface area contributed by atoms with E-state index in [2.05, 4.69) is 4.98 Å². The van der Waals surface area contributed by atoms with Gasteiger partial charge < -0.3 is 4.90 Å². The minimum atomic E-state index is -1.94. The molecule has 1 aromatic rings. The summed E-state index contributed by atoms with van der Waals surface area (Å²) in [5, 5.41) is 0. The summed E-state index contributed by atoms with van der Waals surface area (Å²) in [6.07, 6.45) is 5.16. The Bertz CT molecular complexity index is 368. The molecule has 0 saturated heterocycles. The Morgan fingerprint density at radius 2 is 2.19 bits per heavy atom. The SMILES string of the molecule is O=C(C(F)Cl)N(Cc1ccncc1)C1CC1. The molecule has 0 aromatic carbocycles. The Hall–Kier alpha value is -1.16. The standard InChI is InChI=1S/C11H12ClFN2O/c12-10(13)11(16)15(9-1-2-9)7-8-3-5-14-6-4-8/h3-6,9-10H,1-2,7H2. The number of hydrogen-bond donors (Lipinski definition) is 0. The smallest absolute Gasteiger partial charge is 0.273 e. The van der Waals surface area contributed by atoms with Crippen molar-refractivity contribution < 1.29 is 9.18 Å². The van der Waals surface area contributed by atoms with Gasteiger partial charge in [-0.05, 0) is 30.5 Å². The molecule has 1 saturated carbocycles. The second kappa shape index (κ2) is 4.78. The fraction of sp³-hybridized carbons (Fsp3) is 0.455. The minimum absolute atomic E-state index is 0.151. The van der Waals surface area contributed by atoms with Crippen LogP contribution in [0.4, 0.5) is 4.39 Å². The molecule has 16 heavy (non-hydrogen) atoms. The quantitative estimate of drug-likeness (QED) is 0.758. The first-order valence-corrected chi connectivity index (χ1v) is 5.59. The molecule has 5 heteroatoms. The van der Waals surface area contributed by atoms with Crippen molar-refractivity contribution in [1.82, 2.24) is 9.88 Å². The highest BCUT2D eigenvalue weighted by Crippen LogP contribution is 2.29. The molecule has 1 fully saturated rings. The number of alkyl halides is 2. The van der Waals surface area contributed by atoms with E-state index in [-0.39, 0.29) is 6.04 Å². The van der Waals surface area contributed by atoms with Gasteiger partial charge in [-0.2, -0.15) is 0 Å². The molecule has 1 heterocycles. The van der Waals surface area contributed by atoms with Gasteiger partial charge >= 0.3 is 0 Å². The lowest BCUT2D eigenvalue weighted by Crippen LogP contribution is -2.36. The van der Waals surface area contributed by atoms with Crippen LogP contribution in [0.2, 0.25) is 0 Å². The number of carbonyl (C=O) groups is 1. The molecule has 0 bridgehead atoms. The van der Waals surface area contributed by atoms with E-state index in [1.807, 2.05) is 12.1 Å². The van der Waals surface area contributed by atoms with E-state index < -0.39 is 11.5 Å². The van der Waals surface area contributed by atoms with Crippen molar-refractivity contribution >= 4 is 17.5 Å². The molecule has 1 atom stereocenters. The van der Waals surface area contributed by atoms with Crippen LogP contribution in [0.25, 0.3) is 0 Å². The predicted octanol–water partition coefficient (Wildman–Crippen LogP) is 2.11. The average Bonchev–Trinajstić information content (AvgIpc) is 3.10. The number of nitrogens with zero attached hydrogens (tertiary/aromatic N) is 2. The maximum Gasteiger partial charge on any atom is 0.273 e. The van der Waals surface area contributed by atoms with Crippen molar-refractivity contribution in [3.05, 3.63) is 30.1 Å². The molecule has 1 aliphatic carbocycles. The number of rotatable bonds is 4. The van der Waals surface area contributed by atoms with Crippen molar-refractivity contribution in [2.45, 2.75) is 31.1 Å². The third kappa shape index (κ3) is 2.70. The lowest BCUT2D eigenvalue weighted by atomic mass is 10.2. The molecule has 0 N–H and O–H groups in total.